The summed E-state index contributed by atoms with van der Waals surface area (Å²) in [4.78, 5) is 12.2. The Morgan fingerprint density at radius 2 is 2.04 bits per heavy atom. The molecule has 1 heterocycles. The first-order valence-corrected chi connectivity index (χ1v) is 10.5. The summed E-state index contributed by atoms with van der Waals surface area (Å²) < 4.78 is 0.828. The van der Waals surface area contributed by atoms with E-state index in [1.54, 1.807) is 0 Å². The van der Waals surface area contributed by atoms with Gasteiger partial charge < -0.3 is 10.6 Å². The minimum Gasteiger partial charge on any atom is -0.357 e. The summed E-state index contributed by atoms with van der Waals surface area (Å²) in [6.07, 6.45) is 6.33. The Kier molecular flexibility index (Phi) is 6.31. The van der Waals surface area contributed by atoms with Gasteiger partial charge in [-0.15, -0.1) is 10.2 Å². The molecule has 1 amide bonds. The predicted octanol–water partition coefficient (Wildman–Crippen LogP) is 4.63. The molecule has 2 N–H and O–H groups in total. The molecule has 0 aliphatic heterocycles. The normalized spacial score (nSPS) is 15.1. The zero-order chi connectivity index (χ0) is 17.6. The van der Waals surface area contributed by atoms with Crippen molar-refractivity contribution in [3.8, 4) is 0 Å². The van der Waals surface area contributed by atoms with E-state index in [0.717, 1.165) is 20.7 Å². The number of rotatable bonds is 6. The van der Waals surface area contributed by atoms with E-state index in [1.165, 1.54) is 60.8 Å². The number of amides is 1. The highest BCUT2D eigenvalue weighted by atomic mass is 32.2. The number of hydrogen-bond donors (Lipinski definition) is 2. The highest BCUT2D eigenvalue weighted by molar-refractivity contribution is 8.01. The molecule has 7 heteroatoms. The zero-order valence-electron chi connectivity index (χ0n) is 14.7. The Morgan fingerprint density at radius 1 is 1.24 bits per heavy atom. The highest BCUT2D eigenvalue weighted by Crippen LogP contribution is 2.28. The van der Waals surface area contributed by atoms with Crippen LogP contribution in [0.1, 0.15) is 43.2 Å². The molecule has 1 aliphatic rings. The summed E-state index contributed by atoms with van der Waals surface area (Å²) in [5, 5.41) is 15.7. The third-order valence-corrected chi connectivity index (χ3v) is 6.31. The lowest BCUT2D eigenvalue weighted by Gasteiger charge is -2.21. The third-order valence-electron chi connectivity index (χ3n) is 4.32. The number of carbonyl (C=O) groups excluding carboxylic acids is 1. The van der Waals surface area contributed by atoms with Crippen molar-refractivity contribution in [3.05, 3.63) is 29.3 Å². The quantitative estimate of drug-likeness (QED) is 0.720. The second-order valence-electron chi connectivity index (χ2n) is 6.51. The Morgan fingerprint density at radius 3 is 2.80 bits per heavy atom. The summed E-state index contributed by atoms with van der Waals surface area (Å²) in [6.45, 7) is 4.05. The molecule has 0 radical (unpaired) electrons. The summed E-state index contributed by atoms with van der Waals surface area (Å²) in [7, 11) is 0. The summed E-state index contributed by atoms with van der Waals surface area (Å²) in [6, 6.07) is 6.54. The van der Waals surface area contributed by atoms with Crippen LogP contribution in [0.3, 0.4) is 0 Å². The summed E-state index contributed by atoms with van der Waals surface area (Å²) in [5.74, 6) is 0.319. The van der Waals surface area contributed by atoms with Crippen LogP contribution in [0, 0.1) is 13.8 Å². The lowest BCUT2D eigenvalue weighted by molar-refractivity contribution is -0.113. The number of nitrogens with one attached hydrogen (secondary N) is 2. The molecule has 1 aromatic heterocycles. The van der Waals surface area contributed by atoms with Crippen LogP contribution >= 0.6 is 23.1 Å². The van der Waals surface area contributed by atoms with Crippen molar-refractivity contribution in [3.63, 3.8) is 0 Å². The maximum atomic E-state index is 12.2. The minimum atomic E-state index is -0.0195. The average molecular weight is 377 g/mol. The molecule has 0 atom stereocenters. The average Bonchev–Trinajstić information content (AvgIpc) is 3.04. The van der Waals surface area contributed by atoms with E-state index in [2.05, 4.69) is 26.9 Å². The molecule has 0 unspecified atom stereocenters. The number of nitrogens with zero attached hydrogens (tertiary/aromatic N) is 2. The van der Waals surface area contributed by atoms with Crippen LogP contribution in [0.4, 0.5) is 10.8 Å². The predicted molar refractivity (Wildman–Crippen MR) is 106 cm³/mol. The van der Waals surface area contributed by atoms with Crippen LogP contribution in [0.25, 0.3) is 0 Å². The topological polar surface area (TPSA) is 66.9 Å². The van der Waals surface area contributed by atoms with Gasteiger partial charge >= 0.3 is 0 Å². The van der Waals surface area contributed by atoms with Gasteiger partial charge in [0, 0.05) is 11.7 Å². The van der Waals surface area contributed by atoms with Crippen molar-refractivity contribution in [2.24, 2.45) is 0 Å². The van der Waals surface area contributed by atoms with Crippen molar-refractivity contribution in [1.29, 1.82) is 0 Å². The molecule has 0 bridgehead atoms. The van der Waals surface area contributed by atoms with Crippen molar-refractivity contribution in [1.82, 2.24) is 10.2 Å². The van der Waals surface area contributed by atoms with Gasteiger partial charge in [0.05, 0.1) is 5.75 Å². The summed E-state index contributed by atoms with van der Waals surface area (Å²) in [5.41, 5.74) is 3.14. The van der Waals surface area contributed by atoms with E-state index in [-0.39, 0.29) is 5.91 Å². The standard InChI is InChI=1S/C18H24N4OS2/c1-12-8-9-15(13(2)10-12)20-16(23)11-24-18-22-21-17(25-18)19-14-6-4-3-5-7-14/h8-10,14H,3-7,11H2,1-2H3,(H,19,21)(H,20,23). The number of aromatic nitrogens is 2. The van der Waals surface area contributed by atoms with Crippen LogP contribution in [-0.4, -0.2) is 27.9 Å². The van der Waals surface area contributed by atoms with Gasteiger partial charge in [0.2, 0.25) is 11.0 Å². The lowest BCUT2D eigenvalue weighted by atomic mass is 9.96. The molecule has 2 aromatic rings. The van der Waals surface area contributed by atoms with Crippen molar-refractivity contribution in [2.45, 2.75) is 56.3 Å². The van der Waals surface area contributed by atoms with Gasteiger partial charge in [-0.1, -0.05) is 60.1 Å². The minimum absolute atomic E-state index is 0.0195. The van der Waals surface area contributed by atoms with Gasteiger partial charge in [-0.2, -0.15) is 0 Å². The smallest absolute Gasteiger partial charge is 0.234 e. The van der Waals surface area contributed by atoms with E-state index in [4.69, 9.17) is 0 Å². The second kappa shape index (κ2) is 8.67. The maximum Gasteiger partial charge on any atom is 0.234 e. The Bertz CT molecular complexity index is 726. The third kappa shape index (κ3) is 5.44. The molecule has 1 fully saturated rings. The van der Waals surface area contributed by atoms with E-state index in [9.17, 15) is 4.79 Å². The maximum absolute atomic E-state index is 12.2. The van der Waals surface area contributed by atoms with Gasteiger partial charge in [-0.05, 0) is 38.3 Å². The van der Waals surface area contributed by atoms with Crippen LogP contribution in [0.5, 0.6) is 0 Å². The largest absolute Gasteiger partial charge is 0.357 e. The Labute approximate surface area is 157 Å². The van der Waals surface area contributed by atoms with Gasteiger partial charge in [0.1, 0.15) is 0 Å². The molecule has 0 saturated heterocycles. The van der Waals surface area contributed by atoms with Crippen LogP contribution in [0.2, 0.25) is 0 Å². The number of thioether (sulfide) groups is 1. The number of hydrogen-bond acceptors (Lipinski definition) is 6. The first-order valence-electron chi connectivity index (χ1n) is 8.70. The molecule has 1 saturated carbocycles. The molecule has 5 nitrogen and oxygen atoms in total. The van der Waals surface area contributed by atoms with Crippen molar-refractivity contribution in [2.75, 3.05) is 16.4 Å². The fourth-order valence-electron chi connectivity index (χ4n) is 3.02. The SMILES string of the molecule is Cc1ccc(NC(=O)CSc2nnc(NC3CCCCC3)s2)c(C)c1. The Hall–Kier alpha value is -1.60. The van der Waals surface area contributed by atoms with Gasteiger partial charge in [-0.3, -0.25) is 4.79 Å². The number of carbonyl (C=O) groups is 1. The molecule has 134 valence electrons. The van der Waals surface area contributed by atoms with E-state index in [0.29, 0.717) is 11.8 Å². The molecular formula is C18H24N4OS2. The van der Waals surface area contributed by atoms with Crippen molar-refractivity contribution < 1.29 is 4.79 Å². The molecule has 1 aliphatic carbocycles. The monoisotopic (exact) mass is 376 g/mol. The number of anilines is 2. The molecule has 0 spiro atoms. The first-order chi connectivity index (χ1) is 12.1. The fourth-order valence-corrected chi connectivity index (χ4v) is 4.64. The van der Waals surface area contributed by atoms with Crippen LogP contribution in [-0.2, 0) is 4.79 Å². The lowest BCUT2D eigenvalue weighted by Crippen LogP contribution is -2.21. The molecule has 1 aromatic carbocycles. The summed E-state index contributed by atoms with van der Waals surface area (Å²) >= 11 is 2.96. The van der Waals surface area contributed by atoms with E-state index in [1.807, 2.05) is 26.0 Å². The van der Waals surface area contributed by atoms with Gasteiger partial charge in [0.25, 0.3) is 0 Å². The second-order valence-corrected chi connectivity index (χ2v) is 8.71. The van der Waals surface area contributed by atoms with E-state index >= 15 is 0 Å². The van der Waals surface area contributed by atoms with Crippen molar-refractivity contribution >= 4 is 39.8 Å². The molecular weight excluding hydrogens is 352 g/mol. The molecule has 25 heavy (non-hydrogen) atoms. The van der Waals surface area contributed by atoms with Crippen LogP contribution in [0.15, 0.2) is 22.5 Å². The first kappa shape index (κ1) is 18.2. The number of benzene rings is 1. The Balaban J connectivity index is 1.47. The number of aryl methyl sites for hydroxylation is 2. The fraction of sp³-hybridized carbons (Fsp3) is 0.500. The van der Waals surface area contributed by atoms with Crippen LogP contribution < -0.4 is 10.6 Å². The zero-order valence-corrected chi connectivity index (χ0v) is 16.3. The van der Waals surface area contributed by atoms with Gasteiger partial charge in [-0.25, -0.2) is 0 Å². The van der Waals surface area contributed by atoms with Gasteiger partial charge in [0.15, 0.2) is 4.34 Å². The highest BCUT2D eigenvalue weighted by Gasteiger charge is 2.15. The molecule has 3 rings (SSSR count). The van der Waals surface area contributed by atoms with E-state index < -0.39 is 0 Å².